The van der Waals surface area contributed by atoms with Crippen molar-refractivity contribution in [1.29, 1.82) is 0 Å². The van der Waals surface area contributed by atoms with Gasteiger partial charge in [-0.1, -0.05) is 95.3 Å². The first-order valence-electron chi connectivity index (χ1n) is 8.46. The zero-order valence-electron chi connectivity index (χ0n) is 15.5. The van der Waals surface area contributed by atoms with Crippen molar-refractivity contribution in [3.8, 4) is 0 Å². The molecular formula is C22H28BrN3. The highest BCUT2D eigenvalue weighted by Crippen LogP contribution is 2.10. The molecule has 0 aliphatic carbocycles. The molecule has 0 heterocycles. The predicted octanol–water partition coefficient (Wildman–Crippen LogP) is 5.18. The third kappa shape index (κ3) is 8.41. The number of hydrogen-bond donors (Lipinski definition) is 3. The first-order valence-corrected chi connectivity index (χ1v) is 9.26. The van der Waals surface area contributed by atoms with Gasteiger partial charge in [0.15, 0.2) is 0 Å². The van der Waals surface area contributed by atoms with Crippen molar-refractivity contribution >= 4 is 15.9 Å². The van der Waals surface area contributed by atoms with Crippen LogP contribution >= 0.6 is 15.9 Å². The predicted molar refractivity (Wildman–Crippen MR) is 116 cm³/mol. The van der Waals surface area contributed by atoms with Crippen LogP contribution in [-0.4, -0.2) is 6.17 Å². The minimum Gasteiger partial charge on any atom is -0.311 e. The monoisotopic (exact) mass is 413 g/mol. The molecule has 0 saturated carbocycles. The highest BCUT2D eigenvalue weighted by atomic mass is 79.9. The van der Waals surface area contributed by atoms with Crippen LogP contribution in [-0.2, 0) is 0 Å². The summed E-state index contributed by atoms with van der Waals surface area (Å²) in [5.41, 5.74) is 15.6. The van der Waals surface area contributed by atoms with Crippen LogP contribution < -0.4 is 16.6 Å². The average molecular weight is 414 g/mol. The number of rotatable bonds is 7. The van der Waals surface area contributed by atoms with Gasteiger partial charge in [-0.25, -0.2) is 10.9 Å². The molecule has 0 fully saturated rings. The molecule has 0 bridgehead atoms. The van der Waals surface area contributed by atoms with Gasteiger partial charge >= 0.3 is 0 Å². The first-order chi connectivity index (χ1) is 12.5. The Balaban J connectivity index is 0.000000350. The zero-order valence-corrected chi connectivity index (χ0v) is 17.0. The molecule has 2 atom stereocenters. The quantitative estimate of drug-likeness (QED) is 0.332. The Morgan fingerprint density at radius 2 is 1.77 bits per heavy atom. The standard InChI is InChI=1S/C15H21N3.C7H7Br/c1-4-9-13(5-2)15(16)18-17-12(3)14-10-7-6-8-11-14;1-6-3-2-4-7(8)5-6/h4-12,15,17-18H,1-2,16H2,3H3;2-5H,1H3/b13-9+;. The highest BCUT2D eigenvalue weighted by Gasteiger charge is 2.08. The fourth-order valence-electron chi connectivity index (χ4n) is 2.16. The highest BCUT2D eigenvalue weighted by molar-refractivity contribution is 9.10. The molecule has 26 heavy (non-hydrogen) atoms. The van der Waals surface area contributed by atoms with Crippen LogP contribution in [0.2, 0.25) is 0 Å². The van der Waals surface area contributed by atoms with Gasteiger partial charge in [-0.3, -0.25) is 0 Å². The summed E-state index contributed by atoms with van der Waals surface area (Å²) in [6.45, 7) is 11.5. The number of halogens is 1. The molecule has 0 spiro atoms. The summed E-state index contributed by atoms with van der Waals surface area (Å²) in [5, 5.41) is 0. The van der Waals surface area contributed by atoms with Crippen LogP contribution in [0.5, 0.6) is 0 Å². The van der Waals surface area contributed by atoms with Crippen LogP contribution in [0.25, 0.3) is 0 Å². The lowest BCUT2D eigenvalue weighted by molar-refractivity contribution is 0.423. The topological polar surface area (TPSA) is 50.1 Å². The van der Waals surface area contributed by atoms with E-state index in [1.54, 1.807) is 12.2 Å². The number of hydrazine groups is 1. The molecule has 0 aliphatic heterocycles. The smallest absolute Gasteiger partial charge is 0.0938 e. The third-order valence-corrected chi connectivity index (χ3v) is 4.13. The van der Waals surface area contributed by atoms with Gasteiger partial charge in [-0.2, -0.15) is 0 Å². The van der Waals surface area contributed by atoms with Gasteiger partial charge < -0.3 is 5.73 Å². The Kier molecular flexibility index (Phi) is 10.5. The van der Waals surface area contributed by atoms with Gasteiger partial charge in [0.25, 0.3) is 0 Å². The minimum atomic E-state index is -0.313. The lowest BCUT2D eigenvalue weighted by atomic mass is 10.1. The maximum Gasteiger partial charge on any atom is 0.0938 e. The van der Waals surface area contributed by atoms with Crippen molar-refractivity contribution < 1.29 is 0 Å². The van der Waals surface area contributed by atoms with E-state index < -0.39 is 0 Å². The number of allylic oxidation sites excluding steroid dienone is 2. The first kappa shape index (κ1) is 22.1. The van der Waals surface area contributed by atoms with Crippen molar-refractivity contribution in [2.75, 3.05) is 0 Å². The normalized spacial score (nSPS) is 13.2. The molecule has 3 nitrogen and oxygen atoms in total. The van der Waals surface area contributed by atoms with Gasteiger partial charge in [-0.05, 0) is 37.1 Å². The number of nitrogens with one attached hydrogen (secondary N) is 2. The fraction of sp³-hybridized carbons (Fsp3) is 0.182. The van der Waals surface area contributed by atoms with Crippen LogP contribution in [0, 0.1) is 6.92 Å². The molecule has 2 aromatic carbocycles. The Morgan fingerprint density at radius 1 is 1.08 bits per heavy atom. The van der Waals surface area contributed by atoms with Gasteiger partial charge in [0.1, 0.15) is 0 Å². The van der Waals surface area contributed by atoms with Gasteiger partial charge in [0.2, 0.25) is 0 Å². The van der Waals surface area contributed by atoms with Crippen LogP contribution in [0.15, 0.2) is 96.0 Å². The second-order valence-electron chi connectivity index (χ2n) is 5.80. The van der Waals surface area contributed by atoms with E-state index >= 15 is 0 Å². The molecule has 0 aromatic heterocycles. The van der Waals surface area contributed by atoms with Crippen molar-refractivity contribution in [2.24, 2.45) is 5.73 Å². The Morgan fingerprint density at radius 3 is 2.27 bits per heavy atom. The molecule has 2 aromatic rings. The van der Waals surface area contributed by atoms with Crippen molar-refractivity contribution in [2.45, 2.75) is 26.1 Å². The summed E-state index contributed by atoms with van der Waals surface area (Å²) in [5.74, 6) is 0. The van der Waals surface area contributed by atoms with E-state index in [0.29, 0.717) is 0 Å². The lowest BCUT2D eigenvalue weighted by Crippen LogP contribution is -2.47. The van der Waals surface area contributed by atoms with E-state index in [4.69, 9.17) is 5.73 Å². The maximum atomic E-state index is 5.98. The molecule has 2 unspecified atom stereocenters. The lowest BCUT2D eigenvalue weighted by Gasteiger charge is -2.20. The molecule has 2 rings (SSSR count). The van der Waals surface area contributed by atoms with E-state index in [-0.39, 0.29) is 12.2 Å². The SMILES string of the molecule is C=C/C=C(\C=C)C(N)NNC(C)c1ccccc1.Cc1cccc(Br)c1. The van der Waals surface area contributed by atoms with Crippen molar-refractivity contribution in [3.05, 3.63) is 107 Å². The van der Waals surface area contributed by atoms with Crippen LogP contribution in [0.3, 0.4) is 0 Å². The number of hydrogen-bond acceptors (Lipinski definition) is 3. The van der Waals surface area contributed by atoms with Gasteiger partial charge in [0, 0.05) is 10.5 Å². The van der Waals surface area contributed by atoms with E-state index in [2.05, 4.69) is 78.1 Å². The summed E-state index contributed by atoms with van der Waals surface area (Å²) in [4.78, 5) is 0. The summed E-state index contributed by atoms with van der Waals surface area (Å²) < 4.78 is 1.15. The maximum absolute atomic E-state index is 5.98. The Labute approximate surface area is 165 Å². The second-order valence-corrected chi connectivity index (χ2v) is 6.72. The molecule has 0 amide bonds. The molecular weight excluding hydrogens is 386 g/mol. The minimum absolute atomic E-state index is 0.173. The van der Waals surface area contributed by atoms with E-state index in [0.717, 1.165) is 10.0 Å². The zero-order chi connectivity index (χ0) is 19.4. The molecule has 4 N–H and O–H groups in total. The van der Waals surface area contributed by atoms with Crippen LogP contribution in [0.4, 0.5) is 0 Å². The van der Waals surface area contributed by atoms with Crippen molar-refractivity contribution in [1.82, 2.24) is 10.9 Å². The largest absolute Gasteiger partial charge is 0.311 e. The second kappa shape index (κ2) is 12.4. The molecule has 4 heteroatoms. The molecule has 0 radical (unpaired) electrons. The molecule has 138 valence electrons. The molecule has 0 aliphatic rings. The fourth-order valence-corrected chi connectivity index (χ4v) is 2.68. The van der Waals surface area contributed by atoms with E-state index in [1.165, 1.54) is 11.1 Å². The Bertz CT molecular complexity index is 693. The number of benzene rings is 2. The number of aryl methyl sites for hydroxylation is 1. The van der Waals surface area contributed by atoms with Gasteiger partial charge in [-0.15, -0.1) is 0 Å². The average Bonchev–Trinajstić information content (AvgIpc) is 2.65. The number of nitrogens with two attached hydrogens (primary N) is 1. The van der Waals surface area contributed by atoms with Crippen molar-refractivity contribution in [3.63, 3.8) is 0 Å². The van der Waals surface area contributed by atoms with Gasteiger partial charge in [0.05, 0.1) is 6.17 Å². The molecule has 0 saturated heterocycles. The van der Waals surface area contributed by atoms with E-state index in [1.807, 2.05) is 36.4 Å². The summed E-state index contributed by atoms with van der Waals surface area (Å²) >= 11 is 3.36. The third-order valence-electron chi connectivity index (χ3n) is 3.64. The Hall–Kier alpha value is -1.98. The summed E-state index contributed by atoms with van der Waals surface area (Å²) in [6.07, 6.45) is 4.93. The van der Waals surface area contributed by atoms with Crippen LogP contribution in [0.1, 0.15) is 24.1 Å². The summed E-state index contributed by atoms with van der Waals surface area (Å²) in [7, 11) is 0. The van der Waals surface area contributed by atoms with E-state index in [9.17, 15) is 0 Å². The summed E-state index contributed by atoms with van der Waals surface area (Å²) in [6, 6.07) is 18.5.